The van der Waals surface area contributed by atoms with Crippen LogP contribution in [0.3, 0.4) is 0 Å². The predicted octanol–water partition coefficient (Wildman–Crippen LogP) is 2.51. The molecule has 2 heterocycles. The molecule has 0 aliphatic carbocycles. The smallest absolute Gasteiger partial charge is 0.406 e. The number of ether oxygens (including phenoxy) is 1. The zero-order valence-electron chi connectivity index (χ0n) is 18.3. The highest BCUT2D eigenvalue weighted by molar-refractivity contribution is 5.99. The second-order valence-corrected chi connectivity index (χ2v) is 7.87. The van der Waals surface area contributed by atoms with Gasteiger partial charge in [0.1, 0.15) is 17.6 Å². The molecule has 1 aliphatic rings. The van der Waals surface area contributed by atoms with Crippen molar-refractivity contribution >= 4 is 28.6 Å². The number of nitrogens with one attached hydrogen (secondary N) is 2. The van der Waals surface area contributed by atoms with E-state index in [4.69, 9.17) is 0 Å². The fraction of sp³-hybridized carbons (Fsp3) is 0.261. The van der Waals surface area contributed by atoms with Gasteiger partial charge in [-0.2, -0.15) is 0 Å². The molecule has 3 amide bonds. The lowest BCUT2D eigenvalue weighted by Gasteiger charge is -2.24. The molecule has 2 aromatic carbocycles. The van der Waals surface area contributed by atoms with Gasteiger partial charge in [-0.05, 0) is 49.2 Å². The summed E-state index contributed by atoms with van der Waals surface area (Å²) in [5.41, 5.74) is 0.415. The van der Waals surface area contributed by atoms with Gasteiger partial charge < -0.3 is 10.1 Å². The van der Waals surface area contributed by atoms with E-state index in [0.717, 1.165) is 12.1 Å². The van der Waals surface area contributed by atoms with Gasteiger partial charge in [-0.15, -0.1) is 13.2 Å². The molecule has 4 rings (SSSR count). The molecule has 182 valence electrons. The largest absolute Gasteiger partial charge is 0.573 e. The third kappa shape index (κ3) is 5.15. The van der Waals surface area contributed by atoms with E-state index in [2.05, 4.69) is 20.4 Å². The Morgan fingerprint density at radius 3 is 2.54 bits per heavy atom. The average molecular weight is 488 g/mol. The van der Waals surface area contributed by atoms with E-state index in [-0.39, 0.29) is 30.3 Å². The number of amides is 3. The van der Waals surface area contributed by atoms with Crippen LogP contribution in [-0.4, -0.2) is 33.6 Å². The monoisotopic (exact) mass is 488 g/mol. The lowest BCUT2D eigenvalue weighted by molar-refractivity contribution is -0.274. The zero-order valence-corrected chi connectivity index (χ0v) is 18.3. The number of imide groups is 1. The molecule has 0 saturated carbocycles. The summed E-state index contributed by atoms with van der Waals surface area (Å²) in [4.78, 5) is 54.2. The number of carbonyl (C=O) groups is 3. The van der Waals surface area contributed by atoms with Gasteiger partial charge in [0, 0.05) is 18.5 Å². The van der Waals surface area contributed by atoms with Crippen molar-refractivity contribution in [2.75, 3.05) is 0 Å². The first-order chi connectivity index (χ1) is 16.5. The molecule has 1 atom stereocenters. The lowest BCUT2D eigenvalue weighted by Crippen LogP contribution is -2.45. The summed E-state index contributed by atoms with van der Waals surface area (Å²) in [5.74, 6) is -1.73. The number of piperidine rings is 1. The summed E-state index contributed by atoms with van der Waals surface area (Å²) >= 11 is 0. The highest BCUT2D eigenvalue weighted by atomic mass is 19.4. The van der Waals surface area contributed by atoms with Gasteiger partial charge in [-0.3, -0.25) is 29.1 Å². The summed E-state index contributed by atoms with van der Waals surface area (Å²) in [6.07, 6.45) is -4.60. The van der Waals surface area contributed by atoms with E-state index >= 15 is 0 Å². The number of hydrogen-bond donors (Lipinski definition) is 2. The van der Waals surface area contributed by atoms with Crippen molar-refractivity contribution < 1.29 is 32.3 Å². The number of alkyl halides is 3. The lowest BCUT2D eigenvalue weighted by atomic mass is 10.0. The predicted molar refractivity (Wildman–Crippen MR) is 116 cm³/mol. The van der Waals surface area contributed by atoms with Crippen LogP contribution < -0.4 is 20.9 Å². The molecule has 0 spiro atoms. The van der Waals surface area contributed by atoms with E-state index in [0.29, 0.717) is 16.9 Å². The maximum Gasteiger partial charge on any atom is 0.573 e. The van der Waals surface area contributed by atoms with E-state index in [1.807, 2.05) is 0 Å². The van der Waals surface area contributed by atoms with Gasteiger partial charge in [0.2, 0.25) is 11.8 Å². The fourth-order valence-corrected chi connectivity index (χ4v) is 3.95. The Balaban J connectivity index is 1.59. The van der Waals surface area contributed by atoms with E-state index in [1.165, 1.54) is 16.7 Å². The summed E-state index contributed by atoms with van der Waals surface area (Å²) in [5, 5.41) is 5.06. The molecule has 1 unspecified atom stereocenters. The zero-order chi connectivity index (χ0) is 25.3. The quantitative estimate of drug-likeness (QED) is 0.533. The second kappa shape index (κ2) is 9.20. The van der Waals surface area contributed by atoms with Crippen molar-refractivity contribution in [3.8, 4) is 5.75 Å². The number of aromatic nitrogens is 2. The SMILES string of the molecule is Cc1nc2cccc(CNC(=O)c3ccc(OC(F)(F)F)cc3)c2c(=O)n1C1CCC(=O)NC1=O. The molecule has 2 N–H and O–H groups in total. The van der Waals surface area contributed by atoms with Crippen molar-refractivity contribution in [1.82, 2.24) is 20.2 Å². The summed E-state index contributed by atoms with van der Waals surface area (Å²) in [6.45, 7) is 1.51. The van der Waals surface area contributed by atoms with Crippen LogP contribution in [0.4, 0.5) is 13.2 Å². The van der Waals surface area contributed by atoms with E-state index in [1.54, 1.807) is 25.1 Å². The molecular formula is C23H19F3N4O5. The van der Waals surface area contributed by atoms with Crippen LogP contribution in [0, 0.1) is 6.92 Å². The molecule has 9 nitrogen and oxygen atoms in total. The molecule has 12 heteroatoms. The minimum atomic E-state index is -4.84. The molecule has 1 saturated heterocycles. The highest BCUT2D eigenvalue weighted by Crippen LogP contribution is 2.23. The normalized spacial score (nSPS) is 16.2. The van der Waals surface area contributed by atoms with Crippen molar-refractivity contribution in [3.05, 3.63) is 69.8 Å². The Kier molecular flexibility index (Phi) is 6.29. The maximum atomic E-state index is 13.4. The second-order valence-electron chi connectivity index (χ2n) is 7.87. The number of carbonyl (C=O) groups excluding carboxylic acids is 3. The number of aryl methyl sites for hydroxylation is 1. The Bertz CT molecular complexity index is 1380. The molecule has 35 heavy (non-hydrogen) atoms. The van der Waals surface area contributed by atoms with Gasteiger partial charge >= 0.3 is 6.36 Å². The number of fused-ring (bicyclic) bond motifs is 1. The maximum absolute atomic E-state index is 13.4. The molecule has 0 radical (unpaired) electrons. The topological polar surface area (TPSA) is 119 Å². The Morgan fingerprint density at radius 1 is 1.17 bits per heavy atom. The Morgan fingerprint density at radius 2 is 1.89 bits per heavy atom. The average Bonchev–Trinajstić information content (AvgIpc) is 2.78. The molecule has 1 aliphatic heterocycles. The van der Waals surface area contributed by atoms with Crippen LogP contribution in [-0.2, 0) is 16.1 Å². The van der Waals surface area contributed by atoms with Gasteiger partial charge in [0.15, 0.2) is 0 Å². The molecule has 1 aromatic heterocycles. The number of halogens is 3. The molecule has 3 aromatic rings. The van der Waals surface area contributed by atoms with Gasteiger partial charge in [0.05, 0.1) is 10.9 Å². The van der Waals surface area contributed by atoms with E-state index in [9.17, 15) is 32.3 Å². The van der Waals surface area contributed by atoms with Gasteiger partial charge in [0.25, 0.3) is 11.5 Å². The molecular weight excluding hydrogens is 469 g/mol. The van der Waals surface area contributed by atoms with Crippen molar-refractivity contribution in [3.63, 3.8) is 0 Å². The third-order valence-electron chi connectivity index (χ3n) is 5.50. The minimum Gasteiger partial charge on any atom is -0.406 e. The van der Waals surface area contributed by atoms with Crippen molar-refractivity contribution in [2.45, 2.75) is 38.7 Å². The number of rotatable bonds is 5. The van der Waals surface area contributed by atoms with Crippen LogP contribution in [0.15, 0.2) is 47.3 Å². The molecule has 0 bridgehead atoms. The number of nitrogens with zero attached hydrogens (tertiary/aromatic N) is 2. The van der Waals surface area contributed by atoms with Crippen molar-refractivity contribution in [2.24, 2.45) is 0 Å². The summed E-state index contributed by atoms with van der Waals surface area (Å²) in [6, 6.07) is 8.42. The Hall–Kier alpha value is -4.22. The van der Waals surface area contributed by atoms with Gasteiger partial charge in [-0.25, -0.2) is 4.98 Å². The third-order valence-corrected chi connectivity index (χ3v) is 5.50. The highest BCUT2D eigenvalue weighted by Gasteiger charge is 2.32. The first-order valence-corrected chi connectivity index (χ1v) is 10.5. The van der Waals surface area contributed by atoms with Crippen molar-refractivity contribution in [1.29, 1.82) is 0 Å². The van der Waals surface area contributed by atoms with Crippen LogP contribution in [0.5, 0.6) is 5.75 Å². The van der Waals surface area contributed by atoms with E-state index < -0.39 is 41.4 Å². The van der Waals surface area contributed by atoms with Crippen LogP contribution in [0.2, 0.25) is 0 Å². The van der Waals surface area contributed by atoms with Crippen LogP contribution >= 0.6 is 0 Å². The van der Waals surface area contributed by atoms with Crippen LogP contribution in [0.25, 0.3) is 10.9 Å². The Labute approximate surface area is 195 Å². The van der Waals surface area contributed by atoms with Gasteiger partial charge in [-0.1, -0.05) is 12.1 Å². The standard InChI is InChI=1S/C23H19F3N4O5/c1-12-28-16-4-2-3-14(19(16)22(34)30(12)17-9-10-18(31)29-21(17)33)11-27-20(32)13-5-7-15(8-6-13)35-23(24,25)26/h2-8,17H,9-11H2,1H3,(H,27,32)(H,29,31,33). The summed E-state index contributed by atoms with van der Waals surface area (Å²) in [7, 11) is 0. The number of hydrogen-bond acceptors (Lipinski definition) is 6. The number of benzene rings is 2. The minimum absolute atomic E-state index is 0.0771. The molecule has 1 fully saturated rings. The first kappa shape index (κ1) is 23.9. The van der Waals surface area contributed by atoms with Crippen LogP contribution in [0.1, 0.15) is 40.6 Å². The first-order valence-electron chi connectivity index (χ1n) is 10.5. The fourth-order valence-electron chi connectivity index (χ4n) is 3.95. The summed E-state index contributed by atoms with van der Waals surface area (Å²) < 4.78 is 42.0.